The Morgan fingerprint density at radius 2 is 1.95 bits per heavy atom. The van der Waals surface area contributed by atoms with Crippen LogP contribution in [-0.4, -0.2) is 22.8 Å². The van der Waals surface area contributed by atoms with Crippen LogP contribution in [-0.2, 0) is 10.3 Å². The standard InChI is InChI=1S/C16H19NO4/c1-4-16(5-2,15(19)20)17-9-8-11-10-12(21-3)6-7-13(11)14(17)18/h6-10H,4-5H2,1-3H3,(H,19,20). The number of hydrogen-bond donors (Lipinski definition) is 1. The van der Waals surface area contributed by atoms with E-state index in [0.29, 0.717) is 24.0 Å². The van der Waals surface area contributed by atoms with E-state index in [-0.39, 0.29) is 5.56 Å². The summed E-state index contributed by atoms with van der Waals surface area (Å²) in [4.78, 5) is 24.3. The van der Waals surface area contributed by atoms with Crippen LogP contribution >= 0.6 is 0 Å². The van der Waals surface area contributed by atoms with E-state index < -0.39 is 11.5 Å². The van der Waals surface area contributed by atoms with Crippen molar-refractivity contribution in [1.29, 1.82) is 0 Å². The molecule has 1 N–H and O–H groups in total. The Morgan fingerprint density at radius 1 is 1.29 bits per heavy atom. The largest absolute Gasteiger partial charge is 0.497 e. The van der Waals surface area contributed by atoms with Crippen LogP contribution in [0.15, 0.2) is 35.3 Å². The van der Waals surface area contributed by atoms with Gasteiger partial charge in [0.05, 0.1) is 7.11 Å². The summed E-state index contributed by atoms with van der Waals surface area (Å²) in [5.41, 5.74) is -1.49. The minimum atomic E-state index is -1.20. The van der Waals surface area contributed by atoms with Crippen LogP contribution < -0.4 is 10.3 Å². The van der Waals surface area contributed by atoms with Crippen LogP contribution in [0.2, 0.25) is 0 Å². The number of fused-ring (bicyclic) bond motifs is 1. The first-order valence-electron chi connectivity index (χ1n) is 6.93. The molecule has 0 aliphatic heterocycles. The molecule has 0 atom stereocenters. The van der Waals surface area contributed by atoms with E-state index in [1.807, 2.05) is 0 Å². The lowest BCUT2D eigenvalue weighted by atomic mass is 9.92. The summed E-state index contributed by atoms with van der Waals surface area (Å²) >= 11 is 0. The second-order valence-electron chi connectivity index (χ2n) is 4.99. The summed E-state index contributed by atoms with van der Waals surface area (Å²) < 4.78 is 6.47. The van der Waals surface area contributed by atoms with E-state index in [1.54, 1.807) is 51.4 Å². The first-order valence-corrected chi connectivity index (χ1v) is 6.93. The Labute approximate surface area is 122 Å². The summed E-state index contributed by atoms with van der Waals surface area (Å²) in [6.07, 6.45) is 2.26. The third-order valence-electron chi connectivity index (χ3n) is 4.14. The summed E-state index contributed by atoms with van der Waals surface area (Å²) in [6, 6.07) is 6.89. The third-order valence-corrected chi connectivity index (χ3v) is 4.14. The highest BCUT2D eigenvalue weighted by Crippen LogP contribution is 2.26. The summed E-state index contributed by atoms with van der Waals surface area (Å²) in [5, 5.41) is 10.8. The SMILES string of the molecule is CCC(CC)(C(=O)O)n1ccc2cc(OC)ccc2c1=O. The first kappa shape index (κ1) is 15.1. The maximum atomic E-state index is 12.7. The Kier molecular flexibility index (Phi) is 4.02. The van der Waals surface area contributed by atoms with Crippen molar-refractivity contribution < 1.29 is 14.6 Å². The summed E-state index contributed by atoms with van der Waals surface area (Å²) in [6.45, 7) is 3.56. The van der Waals surface area contributed by atoms with Crippen LogP contribution in [0.5, 0.6) is 5.75 Å². The number of methoxy groups -OCH3 is 1. The van der Waals surface area contributed by atoms with Crippen molar-refractivity contribution in [2.45, 2.75) is 32.2 Å². The molecule has 0 spiro atoms. The lowest BCUT2D eigenvalue weighted by molar-refractivity contribution is -0.148. The van der Waals surface area contributed by atoms with Crippen molar-refractivity contribution in [3.63, 3.8) is 0 Å². The number of carboxylic acid groups (broad SMARTS) is 1. The molecule has 112 valence electrons. The fraction of sp³-hybridized carbons (Fsp3) is 0.375. The van der Waals surface area contributed by atoms with E-state index in [9.17, 15) is 14.7 Å². The van der Waals surface area contributed by atoms with Crippen LogP contribution in [0, 0.1) is 0 Å². The number of ether oxygens (including phenoxy) is 1. The van der Waals surface area contributed by atoms with Gasteiger partial charge in [-0.15, -0.1) is 0 Å². The predicted octanol–water partition coefficient (Wildman–Crippen LogP) is 2.61. The maximum absolute atomic E-state index is 12.7. The number of nitrogens with zero attached hydrogens (tertiary/aromatic N) is 1. The topological polar surface area (TPSA) is 68.5 Å². The number of aliphatic carboxylic acids is 1. The number of pyridine rings is 1. The Morgan fingerprint density at radius 3 is 2.48 bits per heavy atom. The monoisotopic (exact) mass is 289 g/mol. The molecule has 0 saturated heterocycles. The highest BCUT2D eigenvalue weighted by molar-refractivity contribution is 5.84. The van der Waals surface area contributed by atoms with Gasteiger partial charge in [0.2, 0.25) is 0 Å². The number of carboxylic acids is 1. The zero-order valence-electron chi connectivity index (χ0n) is 12.4. The van der Waals surface area contributed by atoms with Crippen molar-refractivity contribution in [3.05, 3.63) is 40.8 Å². The average molecular weight is 289 g/mol. The predicted molar refractivity (Wildman–Crippen MR) is 81.0 cm³/mol. The Bertz CT molecular complexity index is 729. The molecule has 0 amide bonds. The van der Waals surface area contributed by atoms with Gasteiger partial charge < -0.3 is 9.84 Å². The third kappa shape index (κ3) is 2.28. The smallest absolute Gasteiger partial charge is 0.329 e. The van der Waals surface area contributed by atoms with Crippen LogP contribution in [0.3, 0.4) is 0 Å². The molecule has 0 fully saturated rings. The molecule has 0 aliphatic rings. The number of hydrogen-bond acceptors (Lipinski definition) is 3. The molecule has 2 rings (SSSR count). The minimum absolute atomic E-state index is 0.291. The van der Waals surface area contributed by atoms with Gasteiger partial charge in [-0.3, -0.25) is 9.36 Å². The Balaban J connectivity index is 2.74. The van der Waals surface area contributed by atoms with Gasteiger partial charge in [0, 0.05) is 11.6 Å². The van der Waals surface area contributed by atoms with Gasteiger partial charge in [-0.1, -0.05) is 13.8 Å². The Hall–Kier alpha value is -2.30. The van der Waals surface area contributed by atoms with Crippen molar-refractivity contribution in [1.82, 2.24) is 4.57 Å². The average Bonchev–Trinajstić information content (AvgIpc) is 2.50. The van der Waals surface area contributed by atoms with Crippen molar-refractivity contribution in [3.8, 4) is 5.75 Å². The minimum Gasteiger partial charge on any atom is -0.497 e. The highest BCUT2D eigenvalue weighted by Gasteiger charge is 2.37. The van der Waals surface area contributed by atoms with Crippen LogP contribution in [0.25, 0.3) is 10.8 Å². The lowest BCUT2D eigenvalue weighted by Gasteiger charge is -2.29. The zero-order chi connectivity index (χ0) is 15.6. The van der Waals surface area contributed by atoms with E-state index in [4.69, 9.17) is 4.74 Å². The van der Waals surface area contributed by atoms with Gasteiger partial charge >= 0.3 is 5.97 Å². The zero-order valence-corrected chi connectivity index (χ0v) is 12.4. The van der Waals surface area contributed by atoms with Gasteiger partial charge in [-0.05, 0) is 42.5 Å². The van der Waals surface area contributed by atoms with Crippen molar-refractivity contribution in [2.75, 3.05) is 7.11 Å². The molecular formula is C16H19NO4. The molecular weight excluding hydrogens is 270 g/mol. The normalized spacial score (nSPS) is 11.6. The molecule has 0 unspecified atom stereocenters. The van der Waals surface area contributed by atoms with Crippen LogP contribution in [0.1, 0.15) is 26.7 Å². The molecule has 2 aromatic rings. The molecule has 1 aromatic heterocycles. The van der Waals surface area contributed by atoms with Crippen molar-refractivity contribution >= 4 is 16.7 Å². The van der Waals surface area contributed by atoms with Gasteiger partial charge in [-0.2, -0.15) is 0 Å². The van der Waals surface area contributed by atoms with Crippen LogP contribution in [0.4, 0.5) is 0 Å². The maximum Gasteiger partial charge on any atom is 0.329 e. The molecule has 21 heavy (non-hydrogen) atoms. The van der Waals surface area contributed by atoms with E-state index in [1.165, 1.54) is 4.57 Å². The van der Waals surface area contributed by atoms with Crippen molar-refractivity contribution in [2.24, 2.45) is 0 Å². The number of carbonyl (C=O) groups is 1. The summed E-state index contributed by atoms with van der Waals surface area (Å²) in [5.74, 6) is -0.322. The fourth-order valence-corrected chi connectivity index (χ4v) is 2.69. The van der Waals surface area contributed by atoms with E-state index in [2.05, 4.69) is 0 Å². The van der Waals surface area contributed by atoms with Gasteiger partial charge in [0.1, 0.15) is 11.3 Å². The second-order valence-corrected chi connectivity index (χ2v) is 4.99. The van der Waals surface area contributed by atoms with Gasteiger partial charge in [0.15, 0.2) is 0 Å². The molecule has 0 radical (unpaired) electrons. The quantitative estimate of drug-likeness (QED) is 0.918. The molecule has 1 heterocycles. The highest BCUT2D eigenvalue weighted by atomic mass is 16.5. The molecule has 0 bridgehead atoms. The van der Waals surface area contributed by atoms with Gasteiger partial charge in [0.25, 0.3) is 5.56 Å². The number of aromatic nitrogens is 1. The first-order chi connectivity index (χ1) is 10.00. The second kappa shape index (κ2) is 5.60. The molecule has 0 saturated carbocycles. The molecule has 5 heteroatoms. The molecule has 5 nitrogen and oxygen atoms in total. The number of rotatable bonds is 5. The molecule has 1 aromatic carbocycles. The van der Waals surface area contributed by atoms with E-state index >= 15 is 0 Å². The summed E-state index contributed by atoms with van der Waals surface area (Å²) in [7, 11) is 1.56. The number of benzene rings is 1. The molecule has 0 aliphatic carbocycles. The van der Waals surface area contributed by atoms with Gasteiger partial charge in [-0.25, -0.2) is 4.79 Å². The fourth-order valence-electron chi connectivity index (χ4n) is 2.69. The van der Waals surface area contributed by atoms with E-state index in [0.717, 1.165) is 5.39 Å². The lowest BCUT2D eigenvalue weighted by Crippen LogP contribution is -2.46.